The van der Waals surface area contributed by atoms with Gasteiger partial charge in [-0.25, -0.2) is 0 Å². The zero-order valence-corrected chi connectivity index (χ0v) is 29.1. The number of nitrogens with zero attached hydrogens (tertiary/aromatic N) is 1. The van der Waals surface area contributed by atoms with Crippen molar-refractivity contribution < 1.29 is 52.8 Å². The van der Waals surface area contributed by atoms with Crippen molar-refractivity contribution in [1.29, 1.82) is 0 Å². The van der Waals surface area contributed by atoms with Crippen molar-refractivity contribution in [2.24, 2.45) is 23.7 Å². The molecular weight excluding hydrogens is 586 g/mol. The van der Waals surface area contributed by atoms with Gasteiger partial charge in [0.05, 0.1) is 29.8 Å². The van der Waals surface area contributed by atoms with Crippen molar-refractivity contribution in [1.82, 2.24) is 4.90 Å². The smallest absolute Gasteiger partial charge is 0.316 e. The predicted octanol–water partition coefficient (Wildman–Crippen LogP) is 2.89. The Bertz CT molecular complexity index is 1090. The number of hydrogen-bond acceptors (Lipinski definition) is 12. The Balaban J connectivity index is 2.69. The first-order valence-electron chi connectivity index (χ1n) is 16.0. The standard InChI is InChI=1S/C33H55NO11/c1-13-14-24-33(9,40)28(38)19(4)25(36)17(2)16-32(8,41-12)29(20(5)26(37)21(6)30(39)44-24)45-31-27(43-22(7)35)23(34(10)11)15-18(3)42-31/h17-21,23-24,27,29,31,40H,13-16H2,1-12H3/t17-,18-,19+,20+,21-,23+,24-,27-,29-,31-,32-,33-/m1/s1. The molecule has 12 atom stereocenters. The van der Waals surface area contributed by atoms with Gasteiger partial charge in [-0.3, -0.25) is 24.0 Å². The van der Waals surface area contributed by atoms with Gasteiger partial charge in [-0.2, -0.15) is 0 Å². The minimum atomic E-state index is -2.15. The molecule has 12 heteroatoms. The van der Waals surface area contributed by atoms with Crippen molar-refractivity contribution in [3.8, 4) is 0 Å². The Morgan fingerprint density at radius 3 is 2.13 bits per heavy atom. The second-order valence-corrected chi connectivity index (χ2v) is 13.6. The maximum Gasteiger partial charge on any atom is 0.316 e. The first-order valence-corrected chi connectivity index (χ1v) is 16.0. The topological polar surface area (TPSA) is 155 Å². The van der Waals surface area contributed by atoms with E-state index in [9.17, 15) is 29.1 Å². The van der Waals surface area contributed by atoms with Gasteiger partial charge in [-0.05, 0) is 68.0 Å². The number of hydrogen-bond donors (Lipinski definition) is 1. The highest BCUT2D eigenvalue weighted by Crippen LogP contribution is 2.38. The fourth-order valence-electron chi connectivity index (χ4n) is 6.69. The number of carbonyl (C=O) groups is 5. The molecule has 0 aromatic carbocycles. The molecule has 258 valence electrons. The summed E-state index contributed by atoms with van der Waals surface area (Å²) in [5.41, 5.74) is -3.48. The summed E-state index contributed by atoms with van der Waals surface area (Å²) in [5, 5.41) is 11.3. The van der Waals surface area contributed by atoms with Crippen LogP contribution in [0.1, 0.15) is 88.0 Å². The summed E-state index contributed by atoms with van der Waals surface area (Å²) in [6.07, 6.45) is -3.43. The number of ether oxygens (including phenoxy) is 5. The maximum atomic E-state index is 14.0. The Hall–Kier alpha value is -2.25. The van der Waals surface area contributed by atoms with Gasteiger partial charge in [0, 0.05) is 25.9 Å². The summed E-state index contributed by atoms with van der Waals surface area (Å²) < 4.78 is 30.1. The van der Waals surface area contributed by atoms with Gasteiger partial charge < -0.3 is 33.7 Å². The normalized spacial score (nSPS) is 41.0. The summed E-state index contributed by atoms with van der Waals surface area (Å²) in [4.78, 5) is 68.7. The molecule has 1 N–H and O–H groups in total. The number of Topliss-reactive ketones (excluding diaryl/α,β-unsaturated/α-hetero) is 3. The number of carbonyl (C=O) groups excluding carboxylic acids is 5. The van der Waals surface area contributed by atoms with Crippen molar-refractivity contribution in [3.05, 3.63) is 0 Å². The molecular formula is C33H55NO11. The second kappa shape index (κ2) is 15.6. The molecule has 45 heavy (non-hydrogen) atoms. The minimum Gasteiger partial charge on any atom is -0.458 e. The summed E-state index contributed by atoms with van der Waals surface area (Å²) in [7, 11) is 5.14. The molecule has 2 rings (SSSR count). The predicted molar refractivity (Wildman–Crippen MR) is 164 cm³/mol. The third-order valence-electron chi connectivity index (χ3n) is 9.54. The molecule has 0 radical (unpaired) electrons. The molecule has 0 spiro atoms. The summed E-state index contributed by atoms with van der Waals surface area (Å²) in [6.45, 7) is 14.0. The zero-order chi connectivity index (χ0) is 34.6. The molecule has 0 amide bonds. The van der Waals surface area contributed by atoms with Gasteiger partial charge in [-0.1, -0.05) is 27.2 Å². The lowest BCUT2D eigenvalue weighted by atomic mass is 9.74. The van der Waals surface area contributed by atoms with Crippen molar-refractivity contribution in [2.45, 2.75) is 136 Å². The van der Waals surface area contributed by atoms with E-state index in [4.69, 9.17) is 23.7 Å². The highest BCUT2D eigenvalue weighted by atomic mass is 16.7. The fourth-order valence-corrected chi connectivity index (χ4v) is 6.69. The SMILES string of the molecule is CCC[C@H]1OC(=O)[C@H](C)C(=O)[C@H](C)[C@@H](O[C@H]2O[C@H](C)C[C@H](N(C)C)[C@H]2OC(C)=O)[C@](C)(OC)C[C@@H](C)C(=O)[C@H](C)C(=O)[C@]1(C)O. The molecule has 2 aliphatic rings. The molecule has 2 saturated heterocycles. The summed E-state index contributed by atoms with van der Waals surface area (Å²) in [5.74, 6) is -7.46. The molecule has 0 bridgehead atoms. The molecule has 2 aliphatic heterocycles. The van der Waals surface area contributed by atoms with E-state index in [1.54, 1.807) is 27.7 Å². The number of rotatable bonds is 7. The highest BCUT2D eigenvalue weighted by Gasteiger charge is 2.52. The number of esters is 2. The Labute approximate surface area is 267 Å². The lowest BCUT2D eigenvalue weighted by Crippen LogP contribution is -2.60. The van der Waals surface area contributed by atoms with Crippen molar-refractivity contribution >= 4 is 29.3 Å². The first-order chi connectivity index (χ1) is 20.7. The Morgan fingerprint density at radius 1 is 1.02 bits per heavy atom. The minimum absolute atomic E-state index is 0.0270. The van der Waals surface area contributed by atoms with Crippen LogP contribution >= 0.6 is 0 Å². The van der Waals surface area contributed by atoms with Crippen LogP contribution in [0.4, 0.5) is 0 Å². The van der Waals surface area contributed by atoms with Gasteiger partial charge >= 0.3 is 11.9 Å². The van der Waals surface area contributed by atoms with Gasteiger partial charge in [0.15, 0.2) is 29.6 Å². The highest BCUT2D eigenvalue weighted by molar-refractivity contribution is 6.07. The van der Waals surface area contributed by atoms with E-state index >= 15 is 0 Å². The molecule has 12 nitrogen and oxygen atoms in total. The van der Waals surface area contributed by atoms with Crippen LogP contribution in [0.25, 0.3) is 0 Å². The van der Waals surface area contributed by atoms with E-state index in [1.807, 2.05) is 25.9 Å². The van der Waals surface area contributed by atoms with Gasteiger partial charge in [0.25, 0.3) is 0 Å². The number of likely N-dealkylation sites (N-methyl/N-ethyl adjacent to an activating group) is 1. The molecule has 2 heterocycles. The van der Waals surface area contributed by atoms with E-state index in [2.05, 4.69) is 0 Å². The van der Waals surface area contributed by atoms with E-state index in [0.717, 1.165) is 0 Å². The molecule has 0 unspecified atom stereocenters. The van der Waals surface area contributed by atoms with E-state index in [0.29, 0.717) is 12.8 Å². The second-order valence-electron chi connectivity index (χ2n) is 13.6. The van der Waals surface area contributed by atoms with Gasteiger partial charge in [-0.15, -0.1) is 0 Å². The molecule has 0 saturated carbocycles. The number of ketones is 3. The van der Waals surface area contributed by atoms with Gasteiger partial charge in [0.2, 0.25) is 0 Å². The number of cyclic esters (lactones) is 1. The lowest BCUT2D eigenvalue weighted by Gasteiger charge is -2.47. The fraction of sp³-hybridized carbons (Fsp3) is 0.848. The van der Waals surface area contributed by atoms with Crippen molar-refractivity contribution in [2.75, 3.05) is 21.2 Å². The van der Waals surface area contributed by atoms with E-state index in [1.165, 1.54) is 34.8 Å². The zero-order valence-electron chi connectivity index (χ0n) is 29.1. The van der Waals surface area contributed by atoms with Crippen LogP contribution in [-0.4, -0.2) is 108 Å². The number of methoxy groups -OCH3 is 1. The van der Waals surface area contributed by atoms with Crippen LogP contribution in [0.5, 0.6) is 0 Å². The monoisotopic (exact) mass is 641 g/mol. The summed E-state index contributed by atoms with van der Waals surface area (Å²) in [6, 6.07) is -0.273. The van der Waals surface area contributed by atoms with Crippen LogP contribution in [-0.2, 0) is 47.7 Å². The van der Waals surface area contributed by atoms with E-state index in [-0.39, 0.29) is 25.0 Å². The molecule has 2 fully saturated rings. The van der Waals surface area contributed by atoms with Crippen LogP contribution in [0.3, 0.4) is 0 Å². The third kappa shape index (κ3) is 8.77. The van der Waals surface area contributed by atoms with Crippen molar-refractivity contribution in [3.63, 3.8) is 0 Å². The average molecular weight is 642 g/mol. The Kier molecular flexibility index (Phi) is 13.5. The largest absolute Gasteiger partial charge is 0.458 e. The average Bonchev–Trinajstić information content (AvgIpc) is 2.97. The van der Waals surface area contributed by atoms with Crippen LogP contribution < -0.4 is 0 Å². The van der Waals surface area contributed by atoms with Gasteiger partial charge in [0.1, 0.15) is 17.8 Å². The van der Waals surface area contributed by atoms with E-state index < -0.39 is 88.8 Å². The number of aliphatic hydroxyl groups is 1. The van der Waals surface area contributed by atoms with Crippen LogP contribution in [0.15, 0.2) is 0 Å². The Morgan fingerprint density at radius 2 is 1.62 bits per heavy atom. The third-order valence-corrected chi connectivity index (χ3v) is 9.54. The summed E-state index contributed by atoms with van der Waals surface area (Å²) >= 11 is 0. The van der Waals surface area contributed by atoms with Crippen LogP contribution in [0.2, 0.25) is 0 Å². The lowest BCUT2D eigenvalue weighted by molar-refractivity contribution is -0.298. The molecule has 0 aliphatic carbocycles. The quantitative estimate of drug-likeness (QED) is 0.321. The molecule has 0 aromatic heterocycles. The maximum absolute atomic E-state index is 14.0. The molecule has 0 aromatic rings. The first kappa shape index (κ1) is 38.9. The van der Waals surface area contributed by atoms with Crippen LogP contribution in [0, 0.1) is 23.7 Å².